The van der Waals surface area contributed by atoms with Crippen LogP contribution in [0.5, 0.6) is 0 Å². The molecule has 0 atom stereocenters. The highest BCUT2D eigenvalue weighted by molar-refractivity contribution is 5.41. The van der Waals surface area contributed by atoms with E-state index in [0.29, 0.717) is 0 Å². The van der Waals surface area contributed by atoms with Crippen LogP contribution in [0.15, 0.2) is 12.3 Å². The summed E-state index contributed by atoms with van der Waals surface area (Å²) in [6.07, 6.45) is 6.64. The lowest BCUT2D eigenvalue weighted by atomic mass is 10.2. The smallest absolute Gasteiger partial charge is 0.224 e. The number of anilines is 2. The Labute approximate surface area is 104 Å². The van der Waals surface area contributed by atoms with Crippen LogP contribution in [0.2, 0.25) is 0 Å². The highest BCUT2D eigenvalue weighted by Crippen LogP contribution is 2.11. The van der Waals surface area contributed by atoms with Crippen LogP contribution < -0.4 is 10.2 Å². The number of rotatable bonds is 8. The Morgan fingerprint density at radius 2 is 2.06 bits per heavy atom. The van der Waals surface area contributed by atoms with Crippen molar-refractivity contribution in [2.45, 2.75) is 39.5 Å². The molecule has 4 heteroatoms. The third kappa shape index (κ3) is 5.02. The van der Waals surface area contributed by atoms with Gasteiger partial charge in [0.25, 0.3) is 0 Å². The lowest BCUT2D eigenvalue weighted by Gasteiger charge is -2.18. The molecule has 0 aromatic carbocycles. The van der Waals surface area contributed by atoms with Crippen molar-refractivity contribution in [2.24, 2.45) is 0 Å². The molecule has 0 unspecified atom stereocenters. The predicted molar refractivity (Wildman–Crippen MR) is 73.6 cm³/mol. The Balaban J connectivity index is 2.51. The fourth-order valence-electron chi connectivity index (χ4n) is 1.60. The standard InChI is InChI=1S/C13H24N4/c1-4-6-7-11-17(3)12-8-10-15-13(16-12)14-9-5-2/h8,10H,4-7,9,11H2,1-3H3,(H,14,15,16). The van der Waals surface area contributed by atoms with Crippen LogP contribution in [0, 0.1) is 0 Å². The molecule has 1 aromatic rings. The fourth-order valence-corrected chi connectivity index (χ4v) is 1.60. The predicted octanol–water partition coefficient (Wildman–Crippen LogP) is 2.92. The van der Waals surface area contributed by atoms with Crippen molar-refractivity contribution in [1.82, 2.24) is 9.97 Å². The van der Waals surface area contributed by atoms with Crippen molar-refractivity contribution in [3.05, 3.63) is 12.3 Å². The van der Waals surface area contributed by atoms with E-state index in [9.17, 15) is 0 Å². The van der Waals surface area contributed by atoms with Gasteiger partial charge in [-0.2, -0.15) is 4.98 Å². The molecule has 1 heterocycles. The lowest BCUT2D eigenvalue weighted by molar-refractivity contribution is 0.701. The normalized spacial score (nSPS) is 10.3. The molecule has 0 saturated carbocycles. The van der Waals surface area contributed by atoms with Crippen molar-refractivity contribution in [1.29, 1.82) is 0 Å². The van der Waals surface area contributed by atoms with Gasteiger partial charge in [-0.3, -0.25) is 0 Å². The summed E-state index contributed by atoms with van der Waals surface area (Å²) < 4.78 is 0. The number of aromatic nitrogens is 2. The summed E-state index contributed by atoms with van der Waals surface area (Å²) in [6, 6.07) is 1.96. The lowest BCUT2D eigenvalue weighted by Crippen LogP contribution is -2.20. The molecule has 0 saturated heterocycles. The van der Waals surface area contributed by atoms with E-state index in [4.69, 9.17) is 0 Å². The summed E-state index contributed by atoms with van der Waals surface area (Å²) in [7, 11) is 2.08. The zero-order chi connectivity index (χ0) is 12.5. The SMILES string of the molecule is CCCCCN(C)c1ccnc(NCCC)n1. The Morgan fingerprint density at radius 1 is 1.24 bits per heavy atom. The van der Waals surface area contributed by atoms with Crippen molar-refractivity contribution in [3.8, 4) is 0 Å². The van der Waals surface area contributed by atoms with Crippen molar-refractivity contribution < 1.29 is 0 Å². The second-order valence-electron chi connectivity index (χ2n) is 4.29. The molecule has 1 N–H and O–H groups in total. The third-order valence-electron chi connectivity index (χ3n) is 2.66. The van der Waals surface area contributed by atoms with Gasteiger partial charge in [-0.15, -0.1) is 0 Å². The second-order valence-corrected chi connectivity index (χ2v) is 4.29. The maximum Gasteiger partial charge on any atom is 0.224 e. The van der Waals surface area contributed by atoms with E-state index >= 15 is 0 Å². The molecule has 1 aromatic heterocycles. The Kier molecular flexibility index (Phi) is 6.37. The minimum atomic E-state index is 0.728. The minimum absolute atomic E-state index is 0.728. The molecule has 0 aliphatic carbocycles. The third-order valence-corrected chi connectivity index (χ3v) is 2.66. The van der Waals surface area contributed by atoms with Gasteiger partial charge in [-0.1, -0.05) is 26.7 Å². The van der Waals surface area contributed by atoms with Gasteiger partial charge in [-0.05, 0) is 18.9 Å². The first-order valence-electron chi connectivity index (χ1n) is 6.56. The van der Waals surface area contributed by atoms with Crippen LogP contribution in [-0.2, 0) is 0 Å². The topological polar surface area (TPSA) is 41.1 Å². The molecule has 0 aliphatic heterocycles. The molecule has 17 heavy (non-hydrogen) atoms. The van der Waals surface area contributed by atoms with E-state index < -0.39 is 0 Å². The van der Waals surface area contributed by atoms with E-state index in [1.807, 2.05) is 12.3 Å². The van der Waals surface area contributed by atoms with Crippen LogP contribution in [0.3, 0.4) is 0 Å². The van der Waals surface area contributed by atoms with Gasteiger partial charge < -0.3 is 10.2 Å². The van der Waals surface area contributed by atoms with Crippen LogP contribution in [0.25, 0.3) is 0 Å². The maximum atomic E-state index is 4.49. The number of unbranched alkanes of at least 4 members (excludes halogenated alkanes) is 2. The Morgan fingerprint density at radius 3 is 2.76 bits per heavy atom. The minimum Gasteiger partial charge on any atom is -0.360 e. The van der Waals surface area contributed by atoms with E-state index in [0.717, 1.165) is 31.3 Å². The number of hydrogen-bond acceptors (Lipinski definition) is 4. The van der Waals surface area contributed by atoms with E-state index in [1.165, 1.54) is 19.3 Å². The van der Waals surface area contributed by atoms with E-state index in [1.54, 1.807) is 0 Å². The highest BCUT2D eigenvalue weighted by Gasteiger charge is 2.03. The average molecular weight is 236 g/mol. The Hall–Kier alpha value is -1.32. The first-order valence-corrected chi connectivity index (χ1v) is 6.56. The highest BCUT2D eigenvalue weighted by atomic mass is 15.2. The first-order chi connectivity index (χ1) is 8.27. The molecule has 1 rings (SSSR count). The monoisotopic (exact) mass is 236 g/mol. The molecule has 0 aliphatic rings. The van der Waals surface area contributed by atoms with Gasteiger partial charge in [0.1, 0.15) is 5.82 Å². The number of nitrogens with one attached hydrogen (secondary N) is 1. The van der Waals surface area contributed by atoms with Gasteiger partial charge in [0.15, 0.2) is 0 Å². The molecule has 0 radical (unpaired) electrons. The van der Waals surface area contributed by atoms with Crippen LogP contribution in [0.4, 0.5) is 11.8 Å². The van der Waals surface area contributed by atoms with Gasteiger partial charge >= 0.3 is 0 Å². The van der Waals surface area contributed by atoms with Crippen LogP contribution >= 0.6 is 0 Å². The molecular formula is C13H24N4. The molecule has 96 valence electrons. The maximum absolute atomic E-state index is 4.49. The van der Waals surface area contributed by atoms with Crippen molar-refractivity contribution in [2.75, 3.05) is 30.4 Å². The summed E-state index contributed by atoms with van der Waals surface area (Å²) in [5, 5.41) is 3.21. The quantitative estimate of drug-likeness (QED) is 0.705. The molecular weight excluding hydrogens is 212 g/mol. The zero-order valence-electron chi connectivity index (χ0n) is 11.2. The second kappa shape index (κ2) is 7.87. The summed E-state index contributed by atoms with van der Waals surface area (Å²) in [5.74, 6) is 1.72. The molecule has 4 nitrogen and oxygen atoms in total. The van der Waals surface area contributed by atoms with Gasteiger partial charge in [0, 0.05) is 26.3 Å². The molecule has 0 bridgehead atoms. The molecule has 0 fully saturated rings. The van der Waals surface area contributed by atoms with E-state index in [-0.39, 0.29) is 0 Å². The zero-order valence-corrected chi connectivity index (χ0v) is 11.2. The largest absolute Gasteiger partial charge is 0.360 e. The summed E-state index contributed by atoms with van der Waals surface area (Å²) in [4.78, 5) is 10.9. The van der Waals surface area contributed by atoms with Gasteiger partial charge in [0.05, 0.1) is 0 Å². The fraction of sp³-hybridized carbons (Fsp3) is 0.692. The Bertz CT molecular complexity index is 314. The van der Waals surface area contributed by atoms with E-state index in [2.05, 4.69) is 41.1 Å². The molecule has 0 spiro atoms. The van der Waals surface area contributed by atoms with Crippen LogP contribution in [0.1, 0.15) is 39.5 Å². The van der Waals surface area contributed by atoms with Crippen LogP contribution in [-0.4, -0.2) is 30.1 Å². The first kappa shape index (κ1) is 13.7. The van der Waals surface area contributed by atoms with Crippen molar-refractivity contribution in [3.63, 3.8) is 0 Å². The van der Waals surface area contributed by atoms with Gasteiger partial charge in [0.2, 0.25) is 5.95 Å². The van der Waals surface area contributed by atoms with Crippen molar-refractivity contribution >= 4 is 11.8 Å². The summed E-state index contributed by atoms with van der Waals surface area (Å²) >= 11 is 0. The average Bonchev–Trinajstić information content (AvgIpc) is 2.37. The molecule has 0 amide bonds. The number of nitrogens with zero attached hydrogens (tertiary/aromatic N) is 3. The number of hydrogen-bond donors (Lipinski definition) is 1. The summed E-state index contributed by atoms with van der Waals surface area (Å²) in [5.41, 5.74) is 0. The summed E-state index contributed by atoms with van der Waals surface area (Å²) in [6.45, 7) is 6.33. The van der Waals surface area contributed by atoms with Gasteiger partial charge in [-0.25, -0.2) is 4.98 Å².